The summed E-state index contributed by atoms with van der Waals surface area (Å²) in [4.78, 5) is 24.2. The Hall–Kier alpha value is -2.73. The molecule has 27 heavy (non-hydrogen) atoms. The molecule has 0 saturated carbocycles. The summed E-state index contributed by atoms with van der Waals surface area (Å²) >= 11 is 0. The minimum Gasteiger partial charge on any atom is -0.454 e. The Bertz CT molecular complexity index is 854. The molecule has 0 spiro atoms. The summed E-state index contributed by atoms with van der Waals surface area (Å²) in [6.07, 6.45) is 2.43. The Balaban J connectivity index is 2.00. The van der Waals surface area contributed by atoms with Crippen LogP contribution in [0.1, 0.15) is 40.3 Å². The van der Waals surface area contributed by atoms with Gasteiger partial charge in [0.1, 0.15) is 5.82 Å². The van der Waals surface area contributed by atoms with Crippen LogP contribution < -0.4 is 0 Å². The lowest BCUT2D eigenvalue weighted by molar-refractivity contribution is -0.136. The van der Waals surface area contributed by atoms with Crippen molar-refractivity contribution in [2.45, 2.75) is 26.8 Å². The number of esters is 1. The van der Waals surface area contributed by atoms with Crippen LogP contribution in [0.15, 0.2) is 36.4 Å². The van der Waals surface area contributed by atoms with Gasteiger partial charge >= 0.3 is 5.97 Å². The van der Waals surface area contributed by atoms with Crippen LogP contribution >= 0.6 is 0 Å². The van der Waals surface area contributed by atoms with E-state index in [9.17, 15) is 14.0 Å². The third-order valence-corrected chi connectivity index (χ3v) is 4.28. The van der Waals surface area contributed by atoms with Gasteiger partial charge in [0.25, 0.3) is 0 Å². The largest absolute Gasteiger partial charge is 0.454 e. The number of carbonyl (C=O) groups is 2. The molecule has 0 aliphatic rings. The quantitative estimate of drug-likeness (QED) is 0.400. The molecule has 6 heteroatoms. The fourth-order valence-electron chi connectivity index (χ4n) is 3.08. The molecule has 2 aromatic rings. The van der Waals surface area contributed by atoms with E-state index >= 15 is 0 Å². The minimum absolute atomic E-state index is 0.0859. The topological polar surface area (TPSA) is 57.5 Å². The summed E-state index contributed by atoms with van der Waals surface area (Å²) in [7, 11) is 1.63. The first-order chi connectivity index (χ1) is 12.8. The van der Waals surface area contributed by atoms with Crippen LogP contribution in [0.25, 0.3) is 6.08 Å². The molecule has 5 nitrogen and oxygen atoms in total. The van der Waals surface area contributed by atoms with Crippen molar-refractivity contribution in [1.82, 2.24) is 4.57 Å². The summed E-state index contributed by atoms with van der Waals surface area (Å²) in [5.41, 5.74) is 2.53. The lowest BCUT2D eigenvalue weighted by atomic mass is 10.1. The van der Waals surface area contributed by atoms with Crippen molar-refractivity contribution < 1.29 is 23.5 Å². The predicted molar refractivity (Wildman–Crippen MR) is 101 cm³/mol. The van der Waals surface area contributed by atoms with Gasteiger partial charge in [0.05, 0.1) is 12.6 Å². The van der Waals surface area contributed by atoms with Crippen molar-refractivity contribution in [2.24, 2.45) is 0 Å². The van der Waals surface area contributed by atoms with Crippen molar-refractivity contribution in [1.29, 1.82) is 0 Å². The highest BCUT2D eigenvalue weighted by atomic mass is 19.1. The molecule has 0 N–H and O–H groups in total. The number of ketones is 1. The first-order valence-corrected chi connectivity index (χ1v) is 8.65. The van der Waals surface area contributed by atoms with E-state index in [1.165, 1.54) is 12.1 Å². The molecule has 0 radical (unpaired) electrons. The Kier molecular flexibility index (Phi) is 7.07. The number of benzene rings is 1. The Morgan fingerprint density at radius 3 is 2.63 bits per heavy atom. The van der Waals surface area contributed by atoms with Gasteiger partial charge in [-0.05, 0) is 39.0 Å². The van der Waals surface area contributed by atoms with Crippen LogP contribution in [-0.2, 0) is 14.3 Å². The van der Waals surface area contributed by atoms with Gasteiger partial charge in [0.2, 0.25) is 5.78 Å². The van der Waals surface area contributed by atoms with Gasteiger partial charge in [-0.25, -0.2) is 9.18 Å². The number of nitrogens with zero attached hydrogens (tertiary/aromatic N) is 1. The van der Waals surface area contributed by atoms with Crippen molar-refractivity contribution in [2.75, 3.05) is 20.3 Å². The highest BCUT2D eigenvalue weighted by Gasteiger charge is 2.19. The maximum atomic E-state index is 13.5. The van der Waals surface area contributed by atoms with Gasteiger partial charge in [-0.2, -0.15) is 0 Å². The zero-order valence-corrected chi connectivity index (χ0v) is 16.0. The van der Waals surface area contributed by atoms with Crippen molar-refractivity contribution in [3.05, 3.63) is 64.7 Å². The lowest BCUT2D eigenvalue weighted by Crippen LogP contribution is -2.16. The smallest absolute Gasteiger partial charge is 0.331 e. The molecule has 1 aromatic carbocycles. The van der Waals surface area contributed by atoms with Gasteiger partial charge in [0.15, 0.2) is 6.61 Å². The van der Waals surface area contributed by atoms with Crippen LogP contribution in [0.3, 0.4) is 0 Å². The Morgan fingerprint density at radius 1 is 1.26 bits per heavy atom. The molecular weight excluding hydrogens is 349 g/mol. The zero-order valence-electron chi connectivity index (χ0n) is 16.0. The molecule has 0 aliphatic heterocycles. The maximum Gasteiger partial charge on any atom is 0.331 e. The van der Waals surface area contributed by atoms with E-state index in [0.29, 0.717) is 12.2 Å². The van der Waals surface area contributed by atoms with E-state index in [0.717, 1.165) is 17.5 Å². The van der Waals surface area contributed by atoms with Crippen LogP contribution in [0.5, 0.6) is 0 Å². The average molecular weight is 373 g/mol. The number of aromatic nitrogens is 1. The molecule has 1 aromatic heterocycles. The normalized spacial score (nSPS) is 12.3. The Morgan fingerprint density at radius 2 is 1.96 bits per heavy atom. The number of halogens is 1. The molecule has 1 atom stereocenters. The molecule has 0 fully saturated rings. The van der Waals surface area contributed by atoms with E-state index in [2.05, 4.69) is 0 Å². The zero-order chi connectivity index (χ0) is 20.0. The van der Waals surface area contributed by atoms with Crippen molar-refractivity contribution in [3.63, 3.8) is 0 Å². The van der Waals surface area contributed by atoms with Crippen LogP contribution in [0, 0.1) is 19.7 Å². The molecule has 0 bridgehead atoms. The minimum atomic E-state index is -0.701. The molecule has 2 rings (SSSR count). The second-order valence-corrected chi connectivity index (χ2v) is 6.34. The summed E-state index contributed by atoms with van der Waals surface area (Å²) < 4.78 is 25.7. The number of hydrogen-bond donors (Lipinski definition) is 0. The fourth-order valence-corrected chi connectivity index (χ4v) is 3.08. The van der Waals surface area contributed by atoms with Crippen molar-refractivity contribution >= 4 is 17.8 Å². The van der Waals surface area contributed by atoms with E-state index in [-0.39, 0.29) is 24.0 Å². The maximum absolute atomic E-state index is 13.5. The number of hydrogen-bond acceptors (Lipinski definition) is 4. The van der Waals surface area contributed by atoms with Gasteiger partial charge in [-0.1, -0.05) is 18.2 Å². The standard InChI is InChI=1S/C21H24FNO4/c1-14-11-18(16(3)23(14)15(2)12-26-4)20(24)13-27-21(25)10-9-17-7-5-6-8-19(17)22/h5-11,15H,12-13H2,1-4H3/b10-9+/t15-/m0/s1. The van der Waals surface area contributed by atoms with Gasteiger partial charge in [-0.15, -0.1) is 0 Å². The molecule has 1 heterocycles. The molecule has 0 aliphatic carbocycles. The molecule has 0 saturated heterocycles. The fraction of sp³-hybridized carbons (Fsp3) is 0.333. The first-order valence-electron chi connectivity index (χ1n) is 8.65. The summed E-state index contributed by atoms with van der Waals surface area (Å²) in [6.45, 7) is 5.93. The van der Waals surface area contributed by atoms with Crippen molar-refractivity contribution in [3.8, 4) is 0 Å². The number of Topliss-reactive ketones (excluding diaryl/α,β-unsaturated/α-hetero) is 1. The number of aryl methyl sites for hydroxylation is 1. The van der Waals surface area contributed by atoms with E-state index < -0.39 is 11.8 Å². The second-order valence-electron chi connectivity index (χ2n) is 6.34. The number of carbonyl (C=O) groups excluding carboxylic acids is 2. The highest BCUT2D eigenvalue weighted by Crippen LogP contribution is 2.21. The molecular formula is C21H24FNO4. The van der Waals surface area contributed by atoms with E-state index in [4.69, 9.17) is 9.47 Å². The summed E-state index contributed by atoms with van der Waals surface area (Å²) in [5.74, 6) is -1.42. The van der Waals surface area contributed by atoms with Gasteiger partial charge < -0.3 is 14.0 Å². The third-order valence-electron chi connectivity index (χ3n) is 4.28. The highest BCUT2D eigenvalue weighted by molar-refractivity contribution is 6.00. The van der Waals surface area contributed by atoms with Gasteiger partial charge in [0, 0.05) is 35.7 Å². The van der Waals surface area contributed by atoms with E-state index in [1.807, 2.05) is 25.3 Å². The first kappa shape index (κ1) is 20.6. The predicted octanol–water partition coefficient (Wildman–Crippen LogP) is 3.89. The molecule has 0 unspecified atom stereocenters. The summed E-state index contributed by atoms with van der Waals surface area (Å²) in [6, 6.07) is 7.94. The monoisotopic (exact) mass is 373 g/mol. The Labute approximate surface area is 158 Å². The van der Waals surface area contributed by atoms with E-state index in [1.54, 1.807) is 31.4 Å². The molecule has 144 valence electrons. The van der Waals surface area contributed by atoms with Crippen LogP contribution in [0.2, 0.25) is 0 Å². The summed E-state index contributed by atoms with van der Waals surface area (Å²) in [5, 5.41) is 0. The van der Waals surface area contributed by atoms with Crippen LogP contribution in [0.4, 0.5) is 4.39 Å². The SMILES string of the molecule is COC[C@H](C)n1c(C)cc(C(=O)COC(=O)/C=C/c2ccccc2F)c1C. The second kappa shape index (κ2) is 9.28. The number of methoxy groups -OCH3 is 1. The number of ether oxygens (including phenoxy) is 2. The number of rotatable bonds is 8. The third kappa shape index (κ3) is 5.14. The van der Waals surface area contributed by atoms with Gasteiger partial charge in [-0.3, -0.25) is 4.79 Å². The molecule has 0 amide bonds. The lowest BCUT2D eigenvalue weighted by Gasteiger charge is -2.17. The average Bonchev–Trinajstić information content (AvgIpc) is 2.93. The van der Waals surface area contributed by atoms with Crippen LogP contribution in [-0.4, -0.2) is 36.6 Å².